The molecule has 0 aliphatic carbocycles. The molecule has 94 valence electrons. The molecule has 0 bridgehead atoms. The quantitative estimate of drug-likeness (QED) is 0.825. The van der Waals surface area contributed by atoms with Gasteiger partial charge < -0.3 is 5.32 Å². The molecule has 2 nitrogen and oxygen atoms in total. The number of hydrogen-bond acceptors (Lipinski definition) is 2. The van der Waals surface area contributed by atoms with E-state index < -0.39 is 0 Å². The van der Waals surface area contributed by atoms with Gasteiger partial charge in [0.2, 0.25) is 0 Å². The highest BCUT2D eigenvalue weighted by atomic mass is 127. The SMILES string of the molecule is CNC(Cc1ccncc1Cl)c1ccc(I)cc1. The number of rotatable bonds is 4. The largest absolute Gasteiger partial charge is 0.313 e. The monoisotopic (exact) mass is 372 g/mol. The number of hydrogen-bond donors (Lipinski definition) is 1. The highest BCUT2D eigenvalue weighted by Crippen LogP contribution is 2.23. The van der Waals surface area contributed by atoms with Gasteiger partial charge in [0.15, 0.2) is 0 Å². The predicted molar refractivity (Wildman–Crippen MR) is 83.9 cm³/mol. The highest BCUT2D eigenvalue weighted by Gasteiger charge is 2.11. The van der Waals surface area contributed by atoms with Gasteiger partial charge in [-0.1, -0.05) is 23.7 Å². The van der Waals surface area contributed by atoms with E-state index in [0.717, 1.165) is 17.0 Å². The zero-order valence-electron chi connectivity index (χ0n) is 10.0. The van der Waals surface area contributed by atoms with Gasteiger partial charge in [0.25, 0.3) is 0 Å². The molecule has 1 aromatic carbocycles. The molecule has 0 aliphatic heterocycles. The highest BCUT2D eigenvalue weighted by molar-refractivity contribution is 14.1. The van der Waals surface area contributed by atoms with E-state index in [4.69, 9.17) is 11.6 Å². The predicted octanol–water partition coefficient (Wildman–Crippen LogP) is 3.84. The molecule has 18 heavy (non-hydrogen) atoms. The zero-order valence-corrected chi connectivity index (χ0v) is 12.9. The third-order valence-electron chi connectivity index (χ3n) is 2.90. The summed E-state index contributed by atoms with van der Waals surface area (Å²) in [5, 5.41) is 4.06. The van der Waals surface area contributed by atoms with E-state index in [1.54, 1.807) is 12.4 Å². The van der Waals surface area contributed by atoms with Crippen LogP contribution in [0.1, 0.15) is 17.2 Å². The minimum atomic E-state index is 0.266. The minimum Gasteiger partial charge on any atom is -0.313 e. The van der Waals surface area contributed by atoms with Gasteiger partial charge in [0, 0.05) is 22.0 Å². The fourth-order valence-electron chi connectivity index (χ4n) is 1.87. The van der Waals surface area contributed by atoms with Crippen molar-refractivity contribution in [2.75, 3.05) is 7.05 Å². The molecule has 2 rings (SSSR count). The summed E-state index contributed by atoms with van der Waals surface area (Å²) >= 11 is 8.46. The molecule has 0 radical (unpaired) electrons. The number of likely N-dealkylation sites (N-methyl/N-ethyl adjacent to an activating group) is 1. The lowest BCUT2D eigenvalue weighted by molar-refractivity contribution is 0.592. The summed E-state index contributed by atoms with van der Waals surface area (Å²) in [7, 11) is 1.97. The summed E-state index contributed by atoms with van der Waals surface area (Å²) in [6.45, 7) is 0. The van der Waals surface area contributed by atoms with Crippen LogP contribution in [0.3, 0.4) is 0 Å². The molecule has 1 aromatic heterocycles. The molecule has 0 saturated carbocycles. The molecule has 1 atom stereocenters. The van der Waals surface area contributed by atoms with Crippen LogP contribution >= 0.6 is 34.2 Å². The number of halogens is 2. The molecule has 0 amide bonds. The van der Waals surface area contributed by atoms with Crippen molar-refractivity contribution >= 4 is 34.2 Å². The molecular weight excluding hydrogens is 359 g/mol. The second-order valence-electron chi connectivity index (χ2n) is 4.06. The first-order chi connectivity index (χ1) is 8.70. The molecule has 1 heterocycles. The molecule has 0 spiro atoms. The Balaban J connectivity index is 2.20. The maximum absolute atomic E-state index is 6.15. The Kier molecular flexibility index (Phi) is 4.97. The second kappa shape index (κ2) is 6.50. The Labute approximate surface area is 126 Å². The summed E-state index contributed by atoms with van der Waals surface area (Å²) < 4.78 is 1.24. The van der Waals surface area contributed by atoms with Crippen LogP contribution in [0.2, 0.25) is 5.02 Å². The van der Waals surface area contributed by atoms with Gasteiger partial charge in [0.1, 0.15) is 0 Å². The summed E-state index contributed by atoms with van der Waals surface area (Å²) in [4.78, 5) is 4.01. The van der Waals surface area contributed by atoms with Gasteiger partial charge >= 0.3 is 0 Å². The van der Waals surface area contributed by atoms with Crippen molar-refractivity contribution in [3.8, 4) is 0 Å². The molecule has 2 aromatic rings. The first-order valence-corrected chi connectivity index (χ1v) is 7.17. The van der Waals surface area contributed by atoms with Gasteiger partial charge in [-0.25, -0.2) is 0 Å². The Morgan fingerprint density at radius 3 is 2.61 bits per heavy atom. The van der Waals surface area contributed by atoms with E-state index in [9.17, 15) is 0 Å². The molecular formula is C14H14ClIN2. The van der Waals surface area contributed by atoms with Crippen LogP contribution in [0.4, 0.5) is 0 Å². The van der Waals surface area contributed by atoms with Gasteiger partial charge in [0.05, 0.1) is 5.02 Å². The van der Waals surface area contributed by atoms with Crippen molar-refractivity contribution in [1.82, 2.24) is 10.3 Å². The summed E-state index contributed by atoms with van der Waals surface area (Å²) in [6.07, 6.45) is 4.33. The smallest absolute Gasteiger partial charge is 0.0622 e. The lowest BCUT2D eigenvalue weighted by atomic mass is 10.00. The van der Waals surface area contributed by atoms with E-state index in [-0.39, 0.29) is 6.04 Å². The first kappa shape index (κ1) is 13.8. The third-order valence-corrected chi connectivity index (χ3v) is 3.96. The topological polar surface area (TPSA) is 24.9 Å². The van der Waals surface area contributed by atoms with E-state index in [1.807, 2.05) is 13.1 Å². The average Bonchev–Trinajstić information content (AvgIpc) is 2.39. The number of aromatic nitrogens is 1. The van der Waals surface area contributed by atoms with Crippen molar-refractivity contribution < 1.29 is 0 Å². The van der Waals surface area contributed by atoms with Crippen molar-refractivity contribution in [1.29, 1.82) is 0 Å². The Bertz CT molecular complexity index is 513. The Morgan fingerprint density at radius 2 is 2.00 bits per heavy atom. The van der Waals surface area contributed by atoms with Crippen LogP contribution in [-0.4, -0.2) is 12.0 Å². The van der Waals surface area contributed by atoms with Crippen LogP contribution in [-0.2, 0) is 6.42 Å². The van der Waals surface area contributed by atoms with Crippen LogP contribution in [0.25, 0.3) is 0 Å². The Morgan fingerprint density at radius 1 is 1.28 bits per heavy atom. The minimum absolute atomic E-state index is 0.266. The summed E-state index contributed by atoms with van der Waals surface area (Å²) in [6, 6.07) is 10.8. The first-order valence-electron chi connectivity index (χ1n) is 5.72. The fraction of sp³-hybridized carbons (Fsp3) is 0.214. The standard InChI is InChI=1S/C14H14ClIN2/c1-17-14(10-2-4-12(16)5-3-10)8-11-6-7-18-9-13(11)15/h2-7,9,14,17H,8H2,1H3. The van der Waals surface area contributed by atoms with Crippen molar-refractivity contribution in [2.45, 2.75) is 12.5 Å². The van der Waals surface area contributed by atoms with E-state index in [1.165, 1.54) is 9.13 Å². The molecule has 0 aliphatic rings. The normalized spacial score (nSPS) is 12.4. The average molecular weight is 373 g/mol. The van der Waals surface area contributed by atoms with Crippen LogP contribution in [0.15, 0.2) is 42.7 Å². The molecule has 1 N–H and O–H groups in total. The second-order valence-corrected chi connectivity index (χ2v) is 5.72. The van der Waals surface area contributed by atoms with Gasteiger partial charge in [-0.2, -0.15) is 0 Å². The third kappa shape index (κ3) is 3.43. The van der Waals surface area contributed by atoms with E-state index in [2.05, 4.69) is 57.2 Å². The van der Waals surface area contributed by atoms with Crippen LogP contribution in [0.5, 0.6) is 0 Å². The van der Waals surface area contributed by atoms with Crippen molar-refractivity contribution in [2.24, 2.45) is 0 Å². The summed E-state index contributed by atoms with van der Waals surface area (Å²) in [5.41, 5.74) is 2.38. The number of nitrogens with one attached hydrogen (secondary N) is 1. The van der Waals surface area contributed by atoms with Crippen LogP contribution in [0, 0.1) is 3.57 Å². The maximum Gasteiger partial charge on any atom is 0.0622 e. The summed E-state index contributed by atoms with van der Waals surface area (Å²) in [5.74, 6) is 0. The maximum atomic E-state index is 6.15. The lowest BCUT2D eigenvalue weighted by Gasteiger charge is -2.17. The van der Waals surface area contributed by atoms with E-state index in [0.29, 0.717) is 0 Å². The fourth-order valence-corrected chi connectivity index (χ4v) is 2.43. The van der Waals surface area contributed by atoms with Gasteiger partial charge in [-0.3, -0.25) is 4.98 Å². The molecule has 0 saturated heterocycles. The van der Waals surface area contributed by atoms with Gasteiger partial charge in [-0.15, -0.1) is 0 Å². The molecule has 1 unspecified atom stereocenters. The zero-order chi connectivity index (χ0) is 13.0. The van der Waals surface area contributed by atoms with Crippen molar-refractivity contribution in [3.05, 3.63) is 62.4 Å². The molecule has 4 heteroatoms. The number of pyridine rings is 1. The number of nitrogens with zero attached hydrogens (tertiary/aromatic N) is 1. The Hall–Kier alpha value is -0.650. The lowest BCUT2D eigenvalue weighted by Crippen LogP contribution is -2.19. The molecule has 0 fully saturated rings. The van der Waals surface area contributed by atoms with Crippen molar-refractivity contribution in [3.63, 3.8) is 0 Å². The van der Waals surface area contributed by atoms with Gasteiger partial charge in [-0.05, 0) is 65.4 Å². The van der Waals surface area contributed by atoms with Crippen LogP contribution < -0.4 is 5.32 Å². The van der Waals surface area contributed by atoms with E-state index >= 15 is 0 Å². The number of benzene rings is 1.